The SMILES string of the molecule is C=C(C)C(=O)OC(CC)(CO)N(C)C. The number of carbonyl (C=O) groups excluding carboxylic acids is 1. The Morgan fingerprint density at radius 3 is 2.29 bits per heavy atom. The molecular weight excluding hydrogens is 182 g/mol. The molecule has 0 radical (unpaired) electrons. The Kier molecular flexibility index (Phi) is 4.80. The molecule has 0 aromatic heterocycles. The van der Waals surface area contributed by atoms with Crippen LogP contribution in [0.5, 0.6) is 0 Å². The van der Waals surface area contributed by atoms with E-state index in [1.807, 2.05) is 6.92 Å². The minimum Gasteiger partial charge on any atom is -0.438 e. The molecule has 4 nitrogen and oxygen atoms in total. The van der Waals surface area contributed by atoms with Gasteiger partial charge in [-0.3, -0.25) is 4.90 Å². The summed E-state index contributed by atoms with van der Waals surface area (Å²) in [6.07, 6.45) is 0.523. The van der Waals surface area contributed by atoms with Crippen molar-refractivity contribution in [1.82, 2.24) is 4.90 Å². The van der Waals surface area contributed by atoms with Crippen LogP contribution in [-0.4, -0.2) is 42.4 Å². The highest BCUT2D eigenvalue weighted by molar-refractivity contribution is 5.87. The molecule has 0 saturated heterocycles. The van der Waals surface area contributed by atoms with E-state index in [2.05, 4.69) is 6.58 Å². The van der Waals surface area contributed by atoms with E-state index in [0.29, 0.717) is 12.0 Å². The molecule has 0 spiro atoms. The van der Waals surface area contributed by atoms with Gasteiger partial charge in [0, 0.05) is 12.0 Å². The zero-order valence-electron chi connectivity index (χ0n) is 9.33. The number of hydrogen-bond acceptors (Lipinski definition) is 4. The number of esters is 1. The van der Waals surface area contributed by atoms with Gasteiger partial charge in [-0.1, -0.05) is 13.5 Å². The van der Waals surface area contributed by atoms with Crippen LogP contribution in [0.1, 0.15) is 20.3 Å². The number of aliphatic hydroxyl groups is 1. The third kappa shape index (κ3) is 2.82. The fourth-order valence-corrected chi connectivity index (χ4v) is 1.02. The maximum Gasteiger partial charge on any atom is 0.334 e. The van der Waals surface area contributed by atoms with Gasteiger partial charge in [-0.15, -0.1) is 0 Å². The zero-order chi connectivity index (χ0) is 11.4. The predicted octanol–water partition coefficient (Wildman–Crippen LogP) is 0.766. The smallest absolute Gasteiger partial charge is 0.334 e. The fraction of sp³-hybridized carbons (Fsp3) is 0.700. The summed E-state index contributed by atoms with van der Waals surface area (Å²) in [6, 6.07) is 0. The summed E-state index contributed by atoms with van der Waals surface area (Å²) in [5.74, 6) is -0.477. The minimum atomic E-state index is -0.934. The van der Waals surface area contributed by atoms with E-state index in [0.717, 1.165) is 0 Å². The first-order chi connectivity index (χ1) is 6.39. The van der Waals surface area contributed by atoms with Gasteiger partial charge >= 0.3 is 5.97 Å². The first-order valence-corrected chi connectivity index (χ1v) is 4.56. The van der Waals surface area contributed by atoms with Crippen molar-refractivity contribution < 1.29 is 14.6 Å². The van der Waals surface area contributed by atoms with E-state index in [9.17, 15) is 9.90 Å². The van der Waals surface area contributed by atoms with Gasteiger partial charge < -0.3 is 9.84 Å². The van der Waals surface area contributed by atoms with Crippen molar-refractivity contribution in [3.63, 3.8) is 0 Å². The third-order valence-corrected chi connectivity index (χ3v) is 2.25. The number of likely N-dealkylation sites (N-methyl/N-ethyl adjacent to an activating group) is 1. The molecule has 0 aliphatic heterocycles. The summed E-state index contributed by atoms with van der Waals surface area (Å²) >= 11 is 0. The molecule has 0 rings (SSSR count). The molecule has 4 heteroatoms. The first kappa shape index (κ1) is 13.1. The molecule has 82 valence electrons. The van der Waals surface area contributed by atoms with Crippen LogP contribution in [0.2, 0.25) is 0 Å². The van der Waals surface area contributed by atoms with E-state index in [1.54, 1.807) is 25.9 Å². The zero-order valence-corrected chi connectivity index (χ0v) is 9.33. The lowest BCUT2D eigenvalue weighted by Gasteiger charge is -2.36. The summed E-state index contributed by atoms with van der Waals surface area (Å²) < 4.78 is 5.20. The van der Waals surface area contributed by atoms with Crippen LogP contribution >= 0.6 is 0 Å². The molecule has 1 atom stereocenters. The Morgan fingerprint density at radius 1 is 1.57 bits per heavy atom. The average molecular weight is 201 g/mol. The second-order valence-corrected chi connectivity index (χ2v) is 3.52. The molecule has 1 N–H and O–H groups in total. The molecule has 0 amide bonds. The maximum absolute atomic E-state index is 11.3. The Balaban J connectivity index is 4.67. The van der Waals surface area contributed by atoms with E-state index < -0.39 is 11.7 Å². The van der Waals surface area contributed by atoms with Gasteiger partial charge in [0.1, 0.15) is 0 Å². The number of ether oxygens (including phenoxy) is 1. The molecule has 0 aromatic rings. The minimum absolute atomic E-state index is 0.227. The average Bonchev–Trinajstić information content (AvgIpc) is 2.13. The van der Waals surface area contributed by atoms with Crippen LogP contribution in [0, 0.1) is 0 Å². The molecular formula is C10H19NO3. The second-order valence-electron chi connectivity index (χ2n) is 3.52. The Morgan fingerprint density at radius 2 is 2.07 bits per heavy atom. The van der Waals surface area contributed by atoms with E-state index in [1.165, 1.54) is 0 Å². The van der Waals surface area contributed by atoms with Gasteiger partial charge in [-0.25, -0.2) is 4.79 Å². The normalized spacial score (nSPS) is 15.0. The van der Waals surface area contributed by atoms with Crippen molar-refractivity contribution in [2.75, 3.05) is 20.7 Å². The highest BCUT2D eigenvalue weighted by Gasteiger charge is 2.34. The molecule has 0 aliphatic carbocycles. The van der Waals surface area contributed by atoms with Crippen LogP contribution in [0.15, 0.2) is 12.2 Å². The van der Waals surface area contributed by atoms with Crippen LogP contribution in [0.3, 0.4) is 0 Å². The van der Waals surface area contributed by atoms with Gasteiger partial charge in [0.05, 0.1) is 6.61 Å². The molecule has 0 aliphatic rings. The number of rotatable bonds is 5. The Bertz CT molecular complexity index is 219. The van der Waals surface area contributed by atoms with Crippen molar-refractivity contribution >= 4 is 5.97 Å². The molecule has 0 aromatic carbocycles. The van der Waals surface area contributed by atoms with Gasteiger partial charge in [-0.05, 0) is 21.0 Å². The monoisotopic (exact) mass is 201 g/mol. The number of aliphatic hydroxyl groups excluding tert-OH is 1. The van der Waals surface area contributed by atoms with Crippen LogP contribution in [0.25, 0.3) is 0 Å². The molecule has 1 unspecified atom stereocenters. The van der Waals surface area contributed by atoms with Gasteiger partial charge in [-0.2, -0.15) is 0 Å². The van der Waals surface area contributed by atoms with Crippen molar-refractivity contribution in [3.05, 3.63) is 12.2 Å². The lowest BCUT2D eigenvalue weighted by Crippen LogP contribution is -2.50. The number of nitrogens with zero attached hydrogens (tertiary/aromatic N) is 1. The molecule has 0 fully saturated rings. The number of carbonyl (C=O) groups is 1. The fourth-order valence-electron chi connectivity index (χ4n) is 1.02. The third-order valence-electron chi connectivity index (χ3n) is 2.25. The Labute approximate surface area is 85.2 Å². The van der Waals surface area contributed by atoms with E-state index in [-0.39, 0.29) is 6.61 Å². The molecule has 0 heterocycles. The summed E-state index contributed by atoms with van der Waals surface area (Å²) in [5.41, 5.74) is -0.603. The predicted molar refractivity (Wildman–Crippen MR) is 54.7 cm³/mol. The van der Waals surface area contributed by atoms with Gasteiger partial charge in [0.2, 0.25) is 0 Å². The van der Waals surface area contributed by atoms with Crippen molar-refractivity contribution in [1.29, 1.82) is 0 Å². The van der Waals surface area contributed by atoms with Gasteiger partial charge in [0.15, 0.2) is 5.72 Å². The lowest BCUT2D eigenvalue weighted by atomic mass is 10.1. The molecule has 14 heavy (non-hydrogen) atoms. The van der Waals surface area contributed by atoms with E-state index >= 15 is 0 Å². The second kappa shape index (κ2) is 5.12. The standard InChI is InChI=1S/C10H19NO3/c1-6-10(7-12,11(4)5)14-9(13)8(2)3/h12H,2,6-7H2,1,3-5H3. The largest absolute Gasteiger partial charge is 0.438 e. The molecule has 0 saturated carbocycles. The summed E-state index contributed by atoms with van der Waals surface area (Å²) in [4.78, 5) is 13.0. The van der Waals surface area contributed by atoms with Gasteiger partial charge in [0.25, 0.3) is 0 Å². The first-order valence-electron chi connectivity index (χ1n) is 4.56. The quantitative estimate of drug-likeness (QED) is 0.405. The summed E-state index contributed by atoms with van der Waals surface area (Å²) in [7, 11) is 3.51. The van der Waals surface area contributed by atoms with Crippen LogP contribution in [0.4, 0.5) is 0 Å². The number of hydrogen-bond donors (Lipinski definition) is 1. The topological polar surface area (TPSA) is 49.8 Å². The van der Waals surface area contributed by atoms with E-state index in [4.69, 9.17) is 4.74 Å². The Hall–Kier alpha value is -0.870. The highest BCUT2D eigenvalue weighted by Crippen LogP contribution is 2.19. The van der Waals surface area contributed by atoms with Crippen molar-refractivity contribution in [2.45, 2.75) is 26.0 Å². The van der Waals surface area contributed by atoms with Crippen molar-refractivity contribution in [3.8, 4) is 0 Å². The highest BCUT2D eigenvalue weighted by atomic mass is 16.6. The van der Waals surface area contributed by atoms with Crippen molar-refractivity contribution in [2.24, 2.45) is 0 Å². The van der Waals surface area contributed by atoms with Crippen LogP contribution in [-0.2, 0) is 9.53 Å². The maximum atomic E-state index is 11.3. The molecule has 0 bridgehead atoms. The summed E-state index contributed by atoms with van der Waals surface area (Å²) in [5, 5.41) is 9.23. The lowest BCUT2D eigenvalue weighted by molar-refractivity contribution is -0.185. The van der Waals surface area contributed by atoms with Crippen LogP contribution < -0.4 is 0 Å². The summed E-state index contributed by atoms with van der Waals surface area (Å²) in [6.45, 7) is 6.69.